The van der Waals surface area contributed by atoms with Crippen LogP contribution in [0.25, 0.3) is 0 Å². The largest absolute Gasteiger partial charge is 0.495 e. The topological polar surface area (TPSA) is 38.3 Å². The predicted molar refractivity (Wildman–Crippen MR) is 85.9 cm³/mol. The number of rotatable bonds is 6. The molecule has 0 amide bonds. The number of nitrogens with one attached hydrogen (secondary N) is 1. The minimum absolute atomic E-state index is 0.0277. The number of carbonyl (C=O) groups is 1. The molecule has 0 saturated carbocycles. The van der Waals surface area contributed by atoms with Gasteiger partial charge in [0.05, 0.1) is 12.8 Å². The van der Waals surface area contributed by atoms with Crippen molar-refractivity contribution in [3.8, 4) is 5.75 Å². The summed E-state index contributed by atoms with van der Waals surface area (Å²) in [7, 11) is 1.62. The summed E-state index contributed by atoms with van der Waals surface area (Å²) in [6, 6.07) is 15.2. The molecule has 21 heavy (non-hydrogen) atoms. The number of hydrogen-bond donors (Lipinski definition) is 1. The van der Waals surface area contributed by atoms with E-state index in [2.05, 4.69) is 12.2 Å². The molecule has 2 aromatic carbocycles. The van der Waals surface area contributed by atoms with Gasteiger partial charge in [-0.3, -0.25) is 4.79 Å². The molecular formula is C18H19NO2. The second kappa shape index (κ2) is 7.29. The number of methoxy groups -OCH3 is 1. The van der Waals surface area contributed by atoms with Gasteiger partial charge in [-0.05, 0) is 24.1 Å². The second-order valence-corrected chi connectivity index (χ2v) is 4.59. The monoisotopic (exact) mass is 281 g/mol. The molecule has 0 fully saturated rings. The van der Waals surface area contributed by atoms with Gasteiger partial charge in [0.25, 0.3) is 0 Å². The first-order chi connectivity index (χ1) is 10.2. The Morgan fingerprint density at radius 3 is 2.52 bits per heavy atom. The summed E-state index contributed by atoms with van der Waals surface area (Å²) in [4.78, 5) is 12.0. The van der Waals surface area contributed by atoms with Crippen LogP contribution in [0.5, 0.6) is 5.75 Å². The zero-order chi connectivity index (χ0) is 15.1. The molecule has 108 valence electrons. The van der Waals surface area contributed by atoms with Crippen molar-refractivity contribution in [2.24, 2.45) is 0 Å². The quantitative estimate of drug-likeness (QED) is 0.641. The van der Waals surface area contributed by atoms with Crippen molar-refractivity contribution < 1.29 is 9.53 Å². The smallest absolute Gasteiger partial charge is 0.187 e. The van der Waals surface area contributed by atoms with Crippen LogP contribution < -0.4 is 10.1 Å². The minimum Gasteiger partial charge on any atom is -0.495 e. The molecular weight excluding hydrogens is 262 g/mol. The molecule has 0 spiro atoms. The van der Waals surface area contributed by atoms with Crippen LogP contribution in [0.15, 0.2) is 60.8 Å². The van der Waals surface area contributed by atoms with Gasteiger partial charge in [-0.25, -0.2) is 0 Å². The van der Waals surface area contributed by atoms with Crippen LogP contribution in [-0.4, -0.2) is 12.9 Å². The molecule has 3 heteroatoms. The molecule has 0 aliphatic heterocycles. The van der Waals surface area contributed by atoms with Gasteiger partial charge in [-0.15, -0.1) is 0 Å². The Morgan fingerprint density at radius 2 is 1.86 bits per heavy atom. The SMILES string of the molecule is CCc1ccc(C(=O)C=CNc2ccccc2OC)cc1. The van der Waals surface area contributed by atoms with E-state index < -0.39 is 0 Å². The number of carbonyl (C=O) groups excluding carboxylic acids is 1. The summed E-state index contributed by atoms with van der Waals surface area (Å²) in [6.07, 6.45) is 4.13. The third-order valence-corrected chi connectivity index (χ3v) is 3.23. The highest BCUT2D eigenvalue weighted by Crippen LogP contribution is 2.22. The van der Waals surface area contributed by atoms with E-state index in [1.807, 2.05) is 48.5 Å². The molecule has 0 radical (unpaired) electrons. The van der Waals surface area contributed by atoms with Crippen molar-refractivity contribution >= 4 is 11.5 Å². The average molecular weight is 281 g/mol. The first-order valence-corrected chi connectivity index (χ1v) is 6.94. The summed E-state index contributed by atoms with van der Waals surface area (Å²) in [5.74, 6) is 0.710. The average Bonchev–Trinajstić information content (AvgIpc) is 2.55. The summed E-state index contributed by atoms with van der Waals surface area (Å²) < 4.78 is 5.23. The van der Waals surface area contributed by atoms with E-state index in [9.17, 15) is 4.79 Å². The van der Waals surface area contributed by atoms with E-state index in [0.29, 0.717) is 5.56 Å². The van der Waals surface area contributed by atoms with Gasteiger partial charge in [0.2, 0.25) is 0 Å². The van der Waals surface area contributed by atoms with Crippen LogP contribution in [0.4, 0.5) is 5.69 Å². The van der Waals surface area contributed by atoms with Crippen molar-refractivity contribution in [1.82, 2.24) is 0 Å². The highest BCUT2D eigenvalue weighted by atomic mass is 16.5. The Bertz CT molecular complexity index is 630. The maximum atomic E-state index is 12.0. The fraction of sp³-hybridized carbons (Fsp3) is 0.167. The number of anilines is 1. The number of benzene rings is 2. The number of para-hydroxylation sites is 2. The predicted octanol–water partition coefficient (Wildman–Crippen LogP) is 4.07. The van der Waals surface area contributed by atoms with Crippen molar-refractivity contribution in [3.05, 3.63) is 71.9 Å². The van der Waals surface area contributed by atoms with E-state index in [1.54, 1.807) is 13.3 Å². The van der Waals surface area contributed by atoms with Gasteiger partial charge in [-0.1, -0.05) is 43.3 Å². The third kappa shape index (κ3) is 3.96. The highest BCUT2D eigenvalue weighted by molar-refractivity contribution is 6.04. The van der Waals surface area contributed by atoms with E-state index in [4.69, 9.17) is 4.74 Å². The molecule has 0 bridgehead atoms. The Morgan fingerprint density at radius 1 is 1.14 bits per heavy atom. The van der Waals surface area contributed by atoms with Gasteiger partial charge in [-0.2, -0.15) is 0 Å². The normalized spacial score (nSPS) is 10.6. The second-order valence-electron chi connectivity index (χ2n) is 4.59. The summed E-state index contributed by atoms with van der Waals surface area (Å²) in [6.45, 7) is 2.09. The molecule has 0 unspecified atom stereocenters. The van der Waals surface area contributed by atoms with Gasteiger partial charge in [0.1, 0.15) is 5.75 Å². The lowest BCUT2D eigenvalue weighted by Crippen LogP contribution is -1.97. The van der Waals surface area contributed by atoms with Crippen LogP contribution in [0.3, 0.4) is 0 Å². The lowest BCUT2D eigenvalue weighted by Gasteiger charge is -2.06. The molecule has 1 N–H and O–H groups in total. The van der Waals surface area contributed by atoms with Crippen molar-refractivity contribution in [2.75, 3.05) is 12.4 Å². The van der Waals surface area contributed by atoms with Crippen LogP contribution in [0.2, 0.25) is 0 Å². The Kier molecular flexibility index (Phi) is 5.16. The maximum absolute atomic E-state index is 12.0. The molecule has 0 aromatic heterocycles. The molecule has 0 atom stereocenters. The fourth-order valence-corrected chi connectivity index (χ4v) is 1.97. The standard InChI is InChI=1S/C18H19NO2/c1-3-14-8-10-15(11-9-14)17(20)12-13-19-16-6-4-5-7-18(16)21-2/h4-13,19H,3H2,1-2H3. The van der Waals surface area contributed by atoms with Crippen LogP contribution in [0.1, 0.15) is 22.8 Å². The highest BCUT2D eigenvalue weighted by Gasteiger charge is 2.02. The van der Waals surface area contributed by atoms with Gasteiger partial charge >= 0.3 is 0 Å². The van der Waals surface area contributed by atoms with Crippen LogP contribution in [0, 0.1) is 0 Å². The number of allylic oxidation sites excluding steroid dienone is 1. The molecule has 2 rings (SSSR count). The number of hydrogen-bond acceptors (Lipinski definition) is 3. The molecule has 0 saturated heterocycles. The number of aryl methyl sites for hydroxylation is 1. The Labute approximate surface area is 125 Å². The van der Waals surface area contributed by atoms with Crippen molar-refractivity contribution in [2.45, 2.75) is 13.3 Å². The third-order valence-electron chi connectivity index (χ3n) is 3.23. The zero-order valence-corrected chi connectivity index (χ0v) is 12.3. The number of ether oxygens (including phenoxy) is 1. The summed E-state index contributed by atoms with van der Waals surface area (Å²) in [5.41, 5.74) is 2.73. The molecule has 3 nitrogen and oxygen atoms in total. The van der Waals surface area contributed by atoms with Gasteiger partial charge in [0, 0.05) is 17.8 Å². The van der Waals surface area contributed by atoms with Crippen LogP contribution >= 0.6 is 0 Å². The van der Waals surface area contributed by atoms with Crippen LogP contribution in [-0.2, 0) is 6.42 Å². The van der Waals surface area contributed by atoms with Gasteiger partial charge in [0.15, 0.2) is 5.78 Å². The molecule has 2 aromatic rings. The molecule has 0 aliphatic rings. The molecule has 0 aliphatic carbocycles. The maximum Gasteiger partial charge on any atom is 0.187 e. The number of ketones is 1. The first-order valence-electron chi connectivity index (χ1n) is 6.94. The summed E-state index contributed by atoms with van der Waals surface area (Å²) >= 11 is 0. The fourth-order valence-electron chi connectivity index (χ4n) is 1.97. The van der Waals surface area contributed by atoms with Crippen molar-refractivity contribution in [1.29, 1.82) is 0 Å². The lowest BCUT2D eigenvalue weighted by molar-refractivity contribution is 0.104. The Balaban J connectivity index is 2.01. The summed E-state index contributed by atoms with van der Waals surface area (Å²) in [5, 5.41) is 3.06. The van der Waals surface area contributed by atoms with Gasteiger partial charge < -0.3 is 10.1 Å². The molecule has 0 heterocycles. The zero-order valence-electron chi connectivity index (χ0n) is 12.3. The minimum atomic E-state index is -0.0277. The van der Waals surface area contributed by atoms with E-state index in [0.717, 1.165) is 17.9 Å². The van der Waals surface area contributed by atoms with Crippen molar-refractivity contribution in [3.63, 3.8) is 0 Å². The lowest BCUT2D eigenvalue weighted by atomic mass is 10.1. The van der Waals surface area contributed by atoms with E-state index in [1.165, 1.54) is 11.6 Å². The van der Waals surface area contributed by atoms with E-state index in [-0.39, 0.29) is 5.78 Å². The van der Waals surface area contributed by atoms with E-state index >= 15 is 0 Å². The Hall–Kier alpha value is -2.55. The first kappa shape index (κ1) is 14.9.